The molecule has 0 saturated carbocycles. The molecule has 0 atom stereocenters. The lowest BCUT2D eigenvalue weighted by molar-refractivity contribution is 0.0696. The van der Waals surface area contributed by atoms with Crippen molar-refractivity contribution in [2.24, 2.45) is 0 Å². The van der Waals surface area contributed by atoms with E-state index in [9.17, 15) is 15.0 Å². The molecule has 0 saturated heterocycles. The van der Waals surface area contributed by atoms with E-state index in [4.69, 9.17) is 5.11 Å². The van der Waals surface area contributed by atoms with Crippen LogP contribution in [-0.4, -0.2) is 40.3 Å². The van der Waals surface area contributed by atoms with Crippen LogP contribution in [-0.2, 0) is 6.54 Å². The fraction of sp³-hybridized carbons (Fsp3) is 0.300. The summed E-state index contributed by atoms with van der Waals surface area (Å²) < 4.78 is 0. The Kier molecular flexibility index (Phi) is 3.16. The molecule has 1 aromatic carbocycles. The molecule has 0 spiro atoms. The number of nitrogens with zero attached hydrogens (tertiary/aromatic N) is 1. The molecule has 0 aliphatic rings. The Labute approximate surface area is 87.2 Å². The molecule has 0 bridgehead atoms. The molecule has 5 nitrogen and oxygen atoms in total. The third-order valence-electron chi connectivity index (χ3n) is 1.90. The van der Waals surface area contributed by atoms with E-state index >= 15 is 0 Å². The first kappa shape index (κ1) is 11.3. The van der Waals surface area contributed by atoms with Crippen LogP contribution in [0.4, 0.5) is 0 Å². The van der Waals surface area contributed by atoms with Crippen molar-refractivity contribution >= 4 is 5.97 Å². The average molecular weight is 211 g/mol. The highest BCUT2D eigenvalue weighted by Gasteiger charge is 2.13. The lowest BCUT2D eigenvalue weighted by Gasteiger charge is -2.12. The van der Waals surface area contributed by atoms with Gasteiger partial charge in [-0.15, -0.1) is 0 Å². The summed E-state index contributed by atoms with van der Waals surface area (Å²) in [5.74, 6) is -1.81. The molecule has 5 heteroatoms. The first-order valence-electron chi connectivity index (χ1n) is 4.34. The molecular weight excluding hydrogens is 198 g/mol. The first-order chi connectivity index (χ1) is 6.91. The quantitative estimate of drug-likeness (QED) is 0.646. The molecule has 15 heavy (non-hydrogen) atoms. The van der Waals surface area contributed by atoms with E-state index < -0.39 is 11.7 Å². The van der Waals surface area contributed by atoms with Gasteiger partial charge in [0.1, 0.15) is 0 Å². The number of carbonyl (C=O) groups is 1. The smallest absolute Gasteiger partial charge is 0.335 e. The van der Waals surface area contributed by atoms with Crippen molar-refractivity contribution in [2.45, 2.75) is 6.54 Å². The van der Waals surface area contributed by atoms with E-state index in [2.05, 4.69) is 0 Å². The van der Waals surface area contributed by atoms with Crippen LogP contribution in [0.3, 0.4) is 0 Å². The van der Waals surface area contributed by atoms with Crippen LogP contribution < -0.4 is 0 Å². The molecular formula is C10H13NO4. The lowest BCUT2D eigenvalue weighted by Crippen LogP contribution is -2.11. The molecule has 1 aromatic rings. The van der Waals surface area contributed by atoms with Crippen LogP contribution in [0, 0.1) is 0 Å². The zero-order valence-electron chi connectivity index (χ0n) is 8.56. The van der Waals surface area contributed by atoms with Gasteiger partial charge < -0.3 is 20.2 Å². The topological polar surface area (TPSA) is 81.0 Å². The Hall–Kier alpha value is -1.75. The first-order valence-corrected chi connectivity index (χ1v) is 4.34. The molecule has 0 amide bonds. The summed E-state index contributed by atoms with van der Waals surface area (Å²) in [5.41, 5.74) is 0.347. The molecule has 0 radical (unpaired) electrons. The van der Waals surface area contributed by atoms with E-state index in [0.29, 0.717) is 12.1 Å². The number of carboxylic acids is 1. The molecule has 0 fully saturated rings. The van der Waals surface area contributed by atoms with Gasteiger partial charge in [0.05, 0.1) is 5.56 Å². The standard InChI is InChI=1S/C10H13NO4/c1-11(2)5-7-3-6(10(14)15)4-8(12)9(7)13/h3-4,12-13H,5H2,1-2H3,(H,14,15). The monoisotopic (exact) mass is 211 g/mol. The predicted molar refractivity (Wildman–Crippen MR) is 54.1 cm³/mol. The molecule has 0 aliphatic carbocycles. The van der Waals surface area contributed by atoms with E-state index in [1.807, 2.05) is 0 Å². The van der Waals surface area contributed by atoms with Gasteiger partial charge in [-0.05, 0) is 26.2 Å². The van der Waals surface area contributed by atoms with Crippen molar-refractivity contribution in [3.05, 3.63) is 23.3 Å². The lowest BCUT2D eigenvalue weighted by atomic mass is 10.1. The van der Waals surface area contributed by atoms with Crippen molar-refractivity contribution in [1.29, 1.82) is 0 Å². The normalized spacial score (nSPS) is 10.6. The van der Waals surface area contributed by atoms with Crippen molar-refractivity contribution in [2.75, 3.05) is 14.1 Å². The summed E-state index contributed by atoms with van der Waals surface area (Å²) in [6, 6.07) is 2.37. The molecule has 0 unspecified atom stereocenters. The van der Waals surface area contributed by atoms with Gasteiger partial charge in [0.2, 0.25) is 0 Å². The maximum absolute atomic E-state index is 10.7. The summed E-state index contributed by atoms with van der Waals surface area (Å²) in [6.07, 6.45) is 0. The van der Waals surface area contributed by atoms with E-state index in [1.54, 1.807) is 19.0 Å². The zero-order valence-corrected chi connectivity index (χ0v) is 8.56. The van der Waals surface area contributed by atoms with Crippen molar-refractivity contribution in [3.8, 4) is 11.5 Å². The van der Waals surface area contributed by atoms with Crippen molar-refractivity contribution in [1.82, 2.24) is 4.90 Å². The Bertz CT molecular complexity index is 387. The van der Waals surface area contributed by atoms with Crippen LogP contribution in [0.2, 0.25) is 0 Å². The van der Waals surface area contributed by atoms with Crippen LogP contribution >= 0.6 is 0 Å². The van der Waals surface area contributed by atoms with Crippen molar-refractivity contribution in [3.63, 3.8) is 0 Å². The molecule has 3 N–H and O–H groups in total. The minimum absolute atomic E-state index is 0.0397. The van der Waals surface area contributed by atoms with Crippen LogP contribution in [0.15, 0.2) is 12.1 Å². The SMILES string of the molecule is CN(C)Cc1cc(C(=O)O)cc(O)c1O. The fourth-order valence-electron chi connectivity index (χ4n) is 1.26. The number of aromatic hydroxyl groups is 2. The number of carboxylic acid groups (broad SMARTS) is 1. The fourth-order valence-corrected chi connectivity index (χ4v) is 1.26. The van der Waals surface area contributed by atoms with Gasteiger partial charge in [0, 0.05) is 12.1 Å². The Balaban J connectivity index is 3.19. The number of phenols is 2. The highest BCUT2D eigenvalue weighted by atomic mass is 16.4. The van der Waals surface area contributed by atoms with Gasteiger partial charge in [0.15, 0.2) is 11.5 Å². The van der Waals surface area contributed by atoms with Crippen molar-refractivity contribution < 1.29 is 20.1 Å². The number of rotatable bonds is 3. The van der Waals surface area contributed by atoms with Gasteiger partial charge in [-0.3, -0.25) is 0 Å². The van der Waals surface area contributed by atoms with Crippen LogP contribution in [0.1, 0.15) is 15.9 Å². The highest BCUT2D eigenvalue weighted by molar-refractivity contribution is 5.88. The third kappa shape index (κ3) is 2.60. The molecule has 0 heterocycles. The second-order valence-corrected chi connectivity index (χ2v) is 3.55. The number of aromatic carboxylic acids is 1. The minimum atomic E-state index is -1.13. The van der Waals surface area contributed by atoms with Gasteiger partial charge in [-0.25, -0.2) is 4.79 Å². The Morgan fingerprint density at radius 1 is 1.33 bits per heavy atom. The largest absolute Gasteiger partial charge is 0.504 e. The maximum atomic E-state index is 10.7. The summed E-state index contributed by atoms with van der Waals surface area (Å²) in [5, 5.41) is 27.5. The van der Waals surface area contributed by atoms with Crippen LogP contribution in [0.5, 0.6) is 11.5 Å². The predicted octanol–water partition coefficient (Wildman–Crippen LogP) is 0.858. The number of hydrogen-bond donors (Lipinski definition) is 3. The van der Waals surface area contributed by atoms with E-state index in [0.717, 1.165) is 6.07 Å². The maximum Gasteiger partial charge on any atom is 0.335 e. The molecule has 82 valence electrons. The van der Waals surface area contributed by atoms with Gasteiger partial charge in [-0.1, -0.05) is 0 Å². The average Bonchev–Trinajstić information content (AvgIpc) is 2.11. The Morgan fingerprint density at radius 3 is 2.40 bits per heavy atom. The van der Waals surface area contributed by atoms with Crippen LogP contribution in [0.25, 0.3) is 0 Å². The second kappa shape index (κ2) is 4.18. The van der Waals surface area contributed by atoms with E-state index in [1.165, 1.54) is 6.07 Å². The molecule has 0 aliphatic heterocycles. The zero-order chi connectivity index (χ0) is 11.6. The summed E-state index contributed by atoms with van der Waals surface area (Å²) >= 11 is 0. The summed E-state index contributed by atoms with van der Waals surface area (Å²) in [7, 11) is 3.56. The summed E-state index contributed by atoms with van der Waals surface area (Å²) in [6.45, 7) is 0.362. The third-order valence-corrected chi connectivity index (χ3v) is 1.90. The van der Waals surface area contributed by atoms with Gasteiger partial charge >= 0.3 is 5.97 Å². The Morgan fingerprint density at radius 2 is 1.93 bits per heavy atom. The number of hydrogen-bond acceptors (Lipinski definition) is 4. The number of benzene rings is 1. The molecule has 1 rings (SSSR count). The van der Waals surface area contributed by atoms with Gasteiger partial charge in [-0.2, -0.15) is 0 Å². The molecule has 0 aromatic heterocycles. The minimum Gasteiger partial charge on any atom is -0.504 e. The highest BCUT2D eigenvalue weighted by Crippen LogP contribution is 2.30. The number of phenolic OH excluding ortho intramolecular Hbond substituents is 2. The summed E-state index contributed by atoms with van der Waals surface area (Å²) in [4.78, 5) is 12.5. The van der Waals surface area contributed by atoms with Gasteiger partial charge in [0.25, 0.3) is 0 Å². The van der Waals surface area contributed by atoms with E-state index in [-0.39, 0.29) is 11.3 Å². The second-order valence-electron chi connectivity index (χ2n) is 3.55.